The maximum absolute atomic E-state index is 12.3. The van der Waals surface area contributed by atoms with Crippen LogP contribution >= 0.6 is 38.9 Å². The zero-order valence-electron chi connectivity index (χ0n) is 13.7. The fraction of sp³-hybridized carbons (Fsp3) is 0.0526. The topological polar surface area (TPSA) is 46.4 Å². The molecule has 0 unspecified atom stereocenters. The van der Waals surface area contributed by atoms with Gasteiger partial charge < -0.3 is 4.57 Å². The lowest BCUT2D eigenvalue weighted by Gasteiger charge is -2.07. The zero-order valence-corrected chi connectivity index (χ0v) is 16.8. The van der Waals surface area contributed by atoms with Crippen LogP contribution in [-0.2, 0) is 6.54 Å². The van der Waals surface area contributed by atoms with Gasteiger partial charge in [-0.1, -0.05) is 45.7 Å². The highest BCUT2D eigenvalue weighted by Gasteiger charge is 2.08. The van der Waals surface area contributed by atoms with Gasteiger partial charge in [0.1, 0.15) is 0 Å². The number of allylic oxidation sites excluding steroid dienone is 1. The fourth-order valence-electron chi connectivity index (χ4n) is 2.34. The lowest BCUT2D eigenvalue weighted by molar-refractivity contribution is 0.0953. The average Bonchev–Trinajstić information content (AvgIpc) is 3.04. The second kappa shape index (κ2) is 8.49. The van der Waals surface area contributed by atoms with E-state index in [1.165, 1.54) is 11.3 Å². The van der Waals surface area contributed by atoms with E-state index < -0.39 is 0 Å². The number of aromatic nitrogens is 1. The monoisotopic (exact) mass is 447 g/mol. The SMILES string of the molecule is C=CCn1c(-c2ccc(Cl)cc2)cs/c1=N/NC(=O)c1ccc(Br)cc1. The van der Waals surface area contributed by atoms with Crippen LogP contribution in [0.1, 0.15) is 10.4 Å². The number of thiazole rings is 1. The van der Waals surface area contributed by atoms with Crippen LogP contribution in [0.2, 0.25) is 5.02 Å². The van der Waals surface area contributed by atoms with E-state index in [2.05, 4.69) is 33.0 Å². The van der Waals surface area contributed by atoms with Crippen molar-refractivity contribution in [2.45, 2.75) is 6.54 Å². The molecule has 26 heavy (non-hydrogen) atoms. The summed E-state index contributed by atoms with van der Waals surface area (Å²) in [4.78, 5) is 12.9. The van der Waals surface area contributed by atoms with Gasteiger partial charge >= 0.3 is 0 Å². The van der Waals surface area contributed by atoms with E-state index in [4.69, 9.17) is 11.6 Å². The standard InChI is InChI=1S/C19H15BrClN3OS/c1-2-11-24-17(13-5-9-16(21)10-6-13)12-26-19(24)23-22-18(25)14-3-7-15(20)8-4-14/h2-10,12H,1,11H2,(H,22,25)/b23-19+. The Morgan fingerprint density at radius 1 is 1.23 bits per heavy atom. The van der Waals surface area contributed by atoms with Crippen LogP contribution in [0.5, 0.6) is 0 Å². The van der Waals surface area contributed by atoms with Gasteiger partial charge in [0.05, 0.1) is 5.69 Å². The smallest absolute Gasteiger partial charge is 0.271 e. The number of carbonyl (C=O) groups excluding carboxylic acids is 1. The predicted octanol–water partition coefficient (Wildman–Crippen LogP) is 5.06. The quantitative estimate of drug-likeness (QED) is 0.430. The second-order valence-corrected chi connectivity index (χ2v) is 7.56. The number of nitrogens with zero attached hydrogens (tertiary/aromatic N) is 2. The second-order valence-electron chi connectivity index (χ2n) is 5.37. The summed E-state index contributed by atoms with van der Waals surface area (Å²) in [6.07, 6.45) is 1.79. The van der Waals surface area contributed by atoms with Crippen LogP contribution in [0.3, 0.4) is 0 Å². The average molecular weight is 449 g/mol. The van der Waals surface area contributed by atoms with Crippen molar-refractivity contribution in [3.63, 3.8) is 0 Å². The van der Waals surface area contributed by atoms with E-state index in [1.807, 2.05) is 46.3 Å². The van der Waals surface area contributed by atoms with E-state index in [-0.39, 0.29) is 5.91 Å². The summed E-state index contributed by atoms with van der Waals surface area (Å²) in [7, 11) is 0. The molecule has 0 bridgehead atoms. The Morgan fingerprint density at radius 2 is 1.92 bits per heavy atom. The minimum Gasteiger partial charge on any atom is -0.311 e. The Morgan fingerprint density at radius 3 is 2.58 bits per heavy atom. The Kier molecular flexibility index (Phi) is 6.08. The minimum absolute atomic E-state index is 0.260. The number of carbonyl (C=O) groups is 1. The molecule has 0 saturated carbocycles. The number of halogens is 2. The van der Waals surface area contributed by atoms with Gasteiger partial charge in [0.2, 0.25) is 4.80 Å². The highest BCUT2D eigenvalue weighted by atomic mass is 79.9. The van der Waals surface area contributed by atoms with Crippen molar-refractivity contribution in [3.05, 3.63) is 86.4 Å². The van der Waals surface area contributed by atoms with Crippen LogP contribution in [-0.4, -0.2) is 10.5 Å². The van der Waals surface area contributed by atoms with Gasteiger partial charge in [-0.3, -0.25) is 4.79 Å². The van der Waals surface area contributed by atoms with Gasteiger partial charge in [-0.2, -0.15) is 0 Å². The number of hydrogen-bond donors (Lipinski definition) is 1. The van der Waals surface area contributed by atoms with E-state index >= 15 is 0 Å². The molecule has 0 aliphatic rings. The maximum Gasteiger partial charge on any atom is 0.271 e. The summed E-state index contributed by atoms with van der Waals surface area (Å²) in [6, 6.07) is 14.7. The molecule has 0 atom stereocenters. The number of amides is 1. The molecule has 0 fully saturated rings. The van der Waals surface area contributed by atoms with E-state index in [0.29, 0.717) is 21.9 Å². The largest absolute Gasteiger partial charge is 0.311 e. The van der Waals surface area contributed by atoms with Crippen molar-refractivity contribution in [2.75, 3.05) is 0 Å². The molecule has 1 aromatic heterocycles. The first-order valence-electron chi connectivity index (χ1n) is 7.73. The normalized spacial score (nSPS) is 11.4. The molecular formula is C19H15BrClN3OS. The summed E-state index contributed by atoms with van der Waals surface area (Å²) in [5, 5.41) is 6.97. The van der Waals surface area contributed by atoms with E-state index in [1.54, 1.807) is 18.2 Å². The summed E-state index contributed by atoms with van der Waals surface area (Å²) in [6.45, 7) is 4.38. The Bertz CT molecular complexity index is 991. The summed E-state index contributed by atoms with van der Waals surface area (Å²) in [5.41, 5.74) is 5.17. The first-order valence-corrected chi connectivity index (χ1v) is 9.78. The number of hydrogen-bond acceptors (Lipinski definition) is 3. The lowest BCUT2D eigenvalue weighted by Crippen LogP contribution is -2.24. The zero-order chi connectivity index (χ0) is 18.5. The molecule has 0 spiro atoms. The summed E-state index contributed by atoms with van der Waals surface area (Å²) in [5.74, 6) is -0.260. The third-order valence-electron chi connectivity index (χ3n) is 3.61. The third kappa shape index (κ3) is 4.33. The Labute approximate surface area is 168 Å². The molecule has 0 saturated heterocycles. The minimum atomic E-state index is -0.260. The molecule has 2 aromatic carbocycles. The predicted molar refractivity (Wildman–Crippen MR) is 110 cm³/mol. The Balaban J connectivity index is 1.90. The van der Waals surface area contributed by atoms with Crippen LogP contribution < -0.4 is 10.2 Å². The molecule has 132 valence electrons. The van der Waals surface area contributed by atoms with Gasteiger partial charge in [-0.05, 0) is 42.0 Å². The van der Waals surface area contributed by atoms with Gasteiger partial charge in [-0.25, -0.2) is 5.43 Å². The van der Waals surface area contributed by atoms with Crippen LogP contribution in [0.4, 0.5) is 0 Å². The van der Waals surface area contributed by atoms with Gasteiger partial charge in [0, 0.05) is 27.0 Å². The Hall–Kier alpha value is -2.15. The highest BCUT2D eigenvalue weighted by molar-refractivity contribution is 9.10. The highest BCUT2D eigenvalue weighted by Crippen LogP contribution is 2.22. The summed E-state index contributed by atoms with van der Waals surface area (Å²) < 4.78 is 2.91. The maximum atomic E-state index is 12.3. The van der Waals surface area contributed by atoms with Crippen molar-refractivity contribution in [1.29, 1.82) is 0 Å². The first-order chi connectivity index (χ1) is 12.6. The van der Waals surface area contributed by atoms with Crippen LogP contribution in [0, 0.1) is 0 Å². The molecule has 1 heterocycles. The number of benzene rings is 2. The molecule has 0 radical (unpaired) electrons. The third-order valence-corrected chi connectivity index (χ3v) is 5.25. The van der Waals surface area contributed by atoms with Gasteiger partial charge in [-0.15, -0.1) is 23.0 Å². The van der Waals surface area contributed by atoms with Crippen molar-refractivity contribution < 1.29 is 4.79 Å². The van der Waals surface area contributed by atoms with Crippen LogP contribution in [0.15, 0.2) is 76.1 Å². The number of rotatable bonds is 5. The van der Waals surface area contributed by atoms with E-state index in [0.717, 1.165) is 15.7 Å². The molecule has 4 nitrogen and oxygen atoms in total. The fourth-order valence-corrected chi connectivity index (χ4v) is 3.61. The van der Waals surface area contributed by atoms with Gasteiger partial charge in [0.25, 0.3) is 5.91 Å². The molecule has 7 heteroatoms. The number of nitrogens with one attached hydrogen (secondary N) is 1. The molecule has 3 rings (SSSR count). The molecule has 1 N–H and O–H groups in total. The summed E-state index contributed by atoms with van der Waals surface area (Å²) >= 11 is 10.8. The van der Waals surface area contributed by atoms with Crippen molar-refractivity contribution >= 4 is 44.8 Å². The van der Waals surface area contributed by atoms with E-state index in [9.17, 15) is 4.79 Å². The van der Waals surface area contributed by atoms with Crippen molar-refractivity contribution in [1.82, 2.24) is 9.99 Å². The first kappa shape index (κ1) is 18.6. The molecule has 0 aliphatic heterocycles. The van der Waals surface area contributed by atoms with Gasteiger partial charge in [0.15, 0.2) is 0 Å². The van der Waals surface area contributed by atoms with Crippen LogP contribution in [0.25, 0.3) is 11.3 Å². The lowest BCUT2D eigenvalue weighted by atomic mass is 10.2. The molecule has 3 aromatic rings. The van der Waals surface area contributed by atoms with Crippen molar-refractivity contribution in [3.8, 4) is 11.3 Å². The molecular weight excluding hydrogens is 434 g/mol. The molecule has 1 amide bonds. The molecule has 0 aliphatic carbocycles. The van der Waals surface area contributed by atoms with Crippen molar-refractivity contribution in [2.24, 2.45) is 5.10 Å².